The summed E-state index contributed by atoms with van der Waals surface area (Å²) in [7, 11) is 1.85. The Bertz CT molecular complexity index is 775. The Hall–Kier alpha value is -2.46. The summed E-state index contributed by atoms with van der Waals surface area (Å²) in [6.45, 7) is 3.46. The summed E-state index contributed by atoms with van der Waals surface area (Å²) in [6, 6.07) is 4.31. The van der Waals surface area contributed by atoms with Gasteiger partial charge in [0.05, 0.1) is 6.04 Å². The van der Waals surface area contributed by atoms with Gasteiger partial charge in [-0.3, -0.25) is 4.79 Å². The van der Waals surface area contributed by atoms with Crippen LogP contribution in [0.4, 0.5) is 5.82 Å². The second kappa shape index (κ2) is 6.97. The van der Waals surface area contributed by atoms with Crippen LogP contribution in [0.2, 0.25) is 0 Å². The van der Waals surface area contributed by atoms with Gasteiger partial charge in [0, 0.05) is 43.8 Å². The van der Waals surface area contributed by atoms with Crippen molar-refractivity contribution in [2.45, 2.75) is 25.8 Å². The molecule has 7 heteroatoms. The molecule has 0 atom stereocenters. The molecule has 0 N–H and O–H groups in total. The first-order valence-corrected chi connectivity index (χ1v) is 8.72. The van der Waals surface area contributed by atoms with Crippen molar-refractivity contribution in [1.82, 2.24) is 14.9 Å². The summed E-state index contributed by atoms with van der Waals surface area (Å²) in [5.74, 6) is 0.762. The van der Waals surface area contributed by atoms with E-state index < -0.39 is 0 Å². The van der Waals surface area contributed by atoms with E-state index in [2.05, 4.69) is 34.4 Å². The van der Waals surface area contributed by atoms with Gasteiger partial charge in [-0.05, 0) is 30.4 Å². The van der Waals surface area contributed by atoms with Crippen molar-refractivity contribution in [1.29, 1.82) is 5.26 Å². The number of hydrogen-bond acceptors (Lipinski definition) is 6. The minimum absolute atomic E-state index is 0.159. The van der Waals surface area contributed by atoms with Crippen LogP contribution in [0.15, 0.2) is 23.8 Å². The highest BCUT2D eigenvalue weighted by Gasteiger charge is 2.34. The topological polar surface area (TPSA) is 73.1 Å². The van der Waals surface area contributed by atoms with Gasteiger partial charge in [0.2, 0.25) is 5.91 Å². The van der Waals surface area contributed by atoms with Gasteiger partial charge in [-0.2, -0.15) is 5.26 Å². The normalized spacial score (nSPS) is 14.1. The van der Waals surface area contributed by atoms with E-state index in [0.29, 0.717) is 31.0 Å². The molecule has 2 aromatic heterocycles. The summed E-state index contributed by atoms with van der Waals surface area (Å²) < 4.78 is 0. The maximum Gasteiger partial charge on any atom is 0.223 e. The van der Waals surface area contributed by atoms with Crippen LogP contribution < -0.4 is 4.90 Å². The smallest absolute Gasteiger partial charge is 0.223 e. The van der Waals surface area contributed by atoms with Crippen LogP contribution in [0, 0.1) is 18.3 Å². The molecule has 0 spiro atoms. The van der Waals surface area contributed by atoms with Crippen molar-refractivity contribution in [3.05, 3.63) is 40.0 Å². The molecule has 3 heterocycles. The monoisotopic (exact) mass is 341 g/mol. The first kappa shape index (κ1) is 16.4. The number of aromatic nitrogens is 2. The number of aryl methyl sites for hydroxylation is 2. The molecule has 1 saturated heterocycles. The second-order valence-corrected chi connectivity index (χ2v) is 6.93. The van der Waals surface area contributed by atoms with Crippen LogP contribution in [-0.2, 0) is 11.2 Å². The van der Waals surface area contributed by atoms with Crippen molar-refractivity contribution < 1.29 is 4.79 Å². The Labute approximate surface area is 145 Å². The third-order valence-corrected chi connectivity index (χ3v) is 5.50. The number of amides is 1. The van der Waals surface area contributed by atoms with E-state index in [9.17, 15) is 4.79 Å². The molecule has 1 amide bonds. The number of likely N-dealkylation sites (N-methyl/N-ethyl adjacent to an activating group) is 1. The first-order chi connectivity index (χ1) is 11.6. The number of nitriles is 1. The predicted molar refractivity (Wildman–Crippen MR) is 92.9 cm³/mol. The number of nitrogens with zero attached hydrogens (tertiary/aromatic N) is 5. The predicted octanol–water partition coefficient (Wildman–Crippen LogP) is 2.00. The van der Waals surface area contributed by atoms with Crippen LogP contribution in [0.5, 0.6) is 0 Å². The number of carbonyl (C=O) groups excluding carboxylic acids is 1. The third kappa shape index (κ3) is 3.24. The maximum absolute atomic E-state index is 12.4. The molecule has 24 heavy (non-hydrogen) atoms. The molecule has 0 saturated carbocycles. The quantitative estimate of drug-likeness (QED) is 0.832. The van der Waals surface area contributed by atoms with E-state index in [1.807, 2.05) is 16.8 Å². The fraction of sp³-hybridized carbons (Fsp3) is 0.412. The summed E-state index contributed by atoms with van der Waals surface area (Å²) in [4.78, 5) is 25.7. The summed E-state index contributed by atoms with van der Waals surface area (Å²) in [6.07, 6.45) is 4.43. The number of carbonyl (C=O) groups is 1. The molecule has 0 unspecified atom stereocenters. The average molecular weight is 341 g/mol. The molecule has 124 valence electrons. The summed E-state index contributed by atoms with van der Waals surface area (Å²) in [5, 5.41) is 11.2. The van der Waals surface area contributed by atoms with Crippen LogP contribution in [-0.4, -0.2) is 47.0 Å². The third-order valence-electron chi connectivity index (χ3n) is 4.42. The lowest BCUT2D eigenvalue weighted by atomic mass is 10.1. The fourth-order valence-electron chi connectivity index (χ4n) is 2.77. The molecule has 0 aliphatic carbocycles. The van der Waals surface area contributed by atoms with Crippen LogP contribution in [0.3, 0.4) is 0 Å². The zero-order valence-corrected chi connectivity index (χ0v) is 14.6. The molecule has 1 fully saturated rings. The number of rotatable bonds is 5. The lowest BCUT2D eigenvalue weighted by Gasteiger charge is -2.44. The fourth-order valence-corrected chi connectivity index (χ4v) is 3.69. The molecular formula is C17H19N5OS. The number of thiophene rings is 1. The van der Waals surface area contributed by atoms with Crippen LogP contribution in [0.25, 0.3) is 0 Å². The lowest BCUT2D eigenvalue weighted by Crippen LogP contribution is -2.60. The molecule has 1 aliphatic rings. The van der Waals surface area contributed by atoms with Crippen molar-refractivity contribution in [2.24, 2.45) is 0 Å². The largest absolute Gasteiger partial charge is 0.350 e. The molecule has 0 aromatic carbocycles. The van der Waals surface area contributed by atoms with E-state index in [4.69, 9.17) is 5.26 Å². The highest BCUT2D eigenvalue weighted by molar-refractivity contribution is 7.10. The Morgan fingerprint density at radius 1 is 1.46 bits per heavy atom. The number of anilines is 1. The summed E-state index contributed by atoms with van der Waals surface area (Å²) >= 11 is 1.71. The zero-order chi connectivity index (χ0) is 17.1. The van der Waals surface area contributed by atoms with Crippen molar-refractivity contribution in [3.63, 3.8) is 0 Å². The molecule has 1 aliphatic heterocycles. The molecule has 2 aromatic rings. The standard InChI is InChI=1S/C17H19N5OS/c1-12-5-8-24-15(12)3-4-16(23)21(2)13-10-22(11-13)17-14(9-18)19-6-7-20-17/h5-8,13H,3-4,10-11H2,1-2H3. The van der Waals surface area contributed by atoms with E-state index in [-0.39, 0.29) is 11.9 Å². The highest BCUT2D eigenvalue weighted by atomic mass is 32.1. The molecule has 6 nitrogen and oxygen atoms in total. The van der Waals surface area contributed by atoms with E-state index in [1.54, 1.807) is 17.5 Å². The average Bonchev–Trinajstić information content (AvgIpc) is 2.96. The number of hydrogen-bond donors (Lipinski definition) is 0. The van der Waals surface area contributed by atoms with Gasteiger partial charge in [-0.1, -0.05) is 0 Å². The summed E-state index contributed by atoms with van der Waals surface area (Å²) in [5.41, 5.74) is 1.59. The molecular weight excluding hydrogens is 322 g/mol. The molecule has 3 rings (SSSR count). The second-order valence-electron chi connectivity index (χ2n) is 5.93. The van der Waals surface area contributed by atoms with Gasteiger partial charge in [-0.25, -0.2) is 9.97 Å². The Kier molecular flexibility index (Phi) is 4.76. The minimum Gasteiger partial charge on any atom is -0.350 e. The Morgan fingerprint density at radius 3 is 2.88 bits per heavy atom. The minimum atomic E-state index is 0.159. The van der Waals surface area contributed by atoms with E-state index in [1.165, 1.54) is 16.6 Å². The van der Waals surface area contributed by atoms with E-state index >= 15 is 0 Å². The highest BCUT2D eigenvalue weighted by Crippen LogP contribution is 2.24. The molecule has 0 radical (unpaired) electrons. The van der Waals surface area contributed by atoms with Gasteiger partial charge < -0.3 is 9.80 Å². The maximum atomic E-state index is 12.4. The first-order valence-electron chi connectivity index (χ1n) is 7.85. The van der Waals surface area contributed by atoms with Gasteiger partial charge in [0.15, 0.2) is 11.5 Å². The van der Waals surface area contributed by atoms with Gasteiger partial charge in [0.1, 0.15) is 6.07 Å². The van der Waals surface area contributed by atoms with Crippen molar-refractivity contribution >= 4 is 23.1 Å². The van der Waals surface area contributed by atoms with E-state index in [0.717, 1.165) is 6.42 Å². The Balaban J connectivity index is 1.52. The van der Waals surface area contributed by atoms with Crippen molar-refractivity contribution in [2.75, 3.05) is 25.0 Å². The van der Waals surface area contributed by atoms with Crippen LogP contribution in [0.1, 0.15) is 22.6 Å². The van der Waals surface area contributed by atoms with Crippen molar-refractivity contribution in [3.8, 4) is 6.07 Å². The van der Waals surface area contributed by atoms with Crippen LogP contribution >= 0.6 is 11.3 Å². The lowest BCUT2D eigenvalue weighted by molar-refractivity contribution is -0.132. The SMILES string of the molecule is Cc1ccsc1CCC(=O)N(C)C1CN(c2nccnc2C#N)C1. The Morgan fingerprint density at radius 2 is 2.21 bits per heavy atom. The van der Waals surface area contributed by atoms with Gasteiger partial charge >= 0.3 is 0 Å². The van der Waals surface area contributed by atoms with Gasteiger partial charge in [-0.15, -0.1) is 11.3 Å². The van der Waals surface area contributed by atoms with Gasteiger partial charge in [0.25, 0.3) is 0 Å². The zero-order valence-electron chi connectivity index (χ0n) is 13.8. The molecule has 0 bridgehead atoms.